The second-order valence-electron chi connectivity index (χ2n) is 6.41. The van der Waals surface area contributed by atoms with E-state index in [1.165, 1.54) is 18.9 Å². The van der Waals surface area contributed by atoms with Crippen LogP contribution in [0.15, 0.2) is 18.2 Å². The lowest BCUT2D eigenvalue weighted by atomic mass is 9.96. The van der Waals surface area contributed by atoms with E-state index in [-0.39, 0.29) is 5.82 Å². The molecule has 2 fully saturated rings. The van der Waals surface area contributed by atoms with E-state index in [9.17, 15) is 4.39 Å². The molecule has 1 aliphatic carbocycles. The van der Waals surface area contributed by atoms with Gasteiger partial charge in [-0.2, -0.15) is 0 Å². The van der Waals surface area contributed by atoms with E-state index >= 15 is 0 Å². The summed E-state index contributed by atoms with van der Waals surface area (Å²) in [5.74, 6) is 1.05. The molecule has 110 valence electrons. The summed E-state index contributed by atoms with van der Waals surface area (Å²) < 4.78 is 14.3. The highest BCUT2D eigenvalue weighted by atomic mass is 35.5. The normalized spacial score (nSPS) is 27.1. The maximum absolute atomic E-state index is 14.3. The zero-order chi connectivity index (χ0) is 14.3. The van der Waals surface area contributed by atoms with Gasteiger partial charge in [-0.15, -0.1) is 0 Å². The molecule has 1 heterocycles. The van der Waals surface area contributed by atoms with E-state index in [1.807, 2.05) is 6.07 Å². The van der Waals surface area contributed by atoms with Gasteiger partial charge in [0, 0.05) is 30.2 Å². The van der Waals surface area contributed by atoms with Gasteiger partial charge in [-0.1, -0.05) is 25.4 Å². The van der Waals surface area contributed by atoms with Crippen molar-refractivity contribution in [1.29, 1.82) is 0 Å². The quantitative estimate of drug-likeness (QED) is 0.915. The molecule has 0 amide bonds. The number of rotatable bonds is 3. The third-order valence-electron chi connectivity index (χ3n) is 4.56. The van der Waals surface area contributed by atoms with Gasteiger partial charge < -0.3 is 10.2 Å². The molecule has 1 N–H and O–H groups in total. The summed E-state index contributed by atoms with van der Waals surface area (Å²) in [6.45, 7) is 6.22. The Morgan fingerprint density at radius 2 is 2.10 bits per heavy atom. The molecule has 0 radical (unpaired) electrons. The first-order valence-electron chi connectivity index (χ1n) is 7.51. The zero-order valence-electron chi connectivity index (χ0n) is 12.1. The number of hydrogen-bond donors (Lipinski definition) is 1. The molecule has 1 aliphatic heterocycles. The van der Waals surface area contributed by atoms with E-state index in [2.05, 4.69) is 24.1 Å². The van der Waals surface area contributed by atoms with E-state index in [1.54, 1.807) is 6.07 Å². The van der Waals surface area contributed by atoms with Crippen molar-refractivity contribution in [2.24, 2.45) is 11.8 Å². The molecule has 2 aliphatic rings. The van der Waals surface area contributed by atoms with E-state index in [0.29, 0.717) is 28.7 Å². The average molecular weight is 297 g/mol. The predicted molar refractivity (Wildman–Crippen MR) is 81.9 cm³/mol. The lowest BCUT2D eigenvalue weighted by molar-refractivity contribution is 0.318. The van der Waals surface area contributed by atoms with Crippen LogP contribution in [0.2, 0.25) is 5.02 Å². The molecule has 0 aromatic heterocycles. The number of anilines is 1. The highest BCUT2D eigenvalue weighted by Crippen LogP contribution is 2.36. The smallest absolute Gasteiger partial charge is 0.147 e. The van der Waals surface area contributed by atoms with Gasteiger partial charge in [0.05, 0.1) is 5.69 Å². The van der Waals surface area contributed by atoms with Crippen molar-refractivity contribution in [3.63, 3.8) is 0 Å². The van der Waals surface area contributed by atoms with Crippen LogP contribution >= 0.6 is 11.6 Å². The van der Waals surface area contributed by atoms with Gasteiger partial charge >= 0.3 is 0 Å². The summed E-state index contributed by atoms with van der Waals surface area (Å²) in [7, 11) is 0. The lowest BCUT2D eigenvalue weighted by Gasteiger charge is -2.44. The minimum Gasteiger partial charge on any atom is -0.363 e. The number of piperazine rings is 1. The van der Waals surface area contributed by atoms with Crippen molar-refractivity contribution >= 4 is 17.3 Å². The van der Waals surface area contributed by atoms with Gasteiger partial charge in [-0.05, 0) is 42.9 Å². The highest BCUT2D eigenvalue weighted by molar-refractivity contribution is 6.30. The predicted octanol–water partition coefficient (Wildman–Crippen LogP) is 3.69. The highest BCUT2D eigenvalue weighted by Gasteiger charge is 2.38. The molecule has 20 heavy (non-hydrogen) atoms. The average Bonchev–Trinajstić information content (AvgIpc) is 3.22. The molecule has 2 nitrogen and oxygen atoms in total. The molecule has 2 atom stereocenters. The zero-order valence-corrected chi connectivity index (χ0v) is 12.8. The molecule has 0 spiro atoms. The van der Waals surface area contributed by atoms with Crippen LogP contribution in [0.4, 0.5) is 10.1 Å². The molecule has 1 aromatic carbocycles. The van der Waals surface area contributed by atoms with Crippen molar-refractivity contribution in [1.82, 2.24) is 5.32 Å². The SMILES string of the molecule is CC(C)C1CNC(C2CC2)CN1c1ccc(Cl)cc1F. The topological polar surface area (TPSA) is 15.3 Å². The fraction of sp³-hybridized carbons (Fsp3) is 0.625. The summed E-state index contributed by atoms with van der Waals surface area (Å²) in [5, 5.41) is 4.11. The third kappa shape index (κ3) is 2.79. The van der Waals surface area contributed by atoms with Gasteiger partial charge in [0.2, 0.25) is 0 Å². The Morgan fingerprint density at radius 1 is 1.35 bits per heavy atom. The Hall–Kier alpha value is -0.800. The lowest BCUT2D eigenvalue weighted by Crippen LogP contribution is -2.59. The first kappa shape index (κ1) is 14.2. The first-order valence-corrected chi connectivity index (χ1v) is 7.89. The molecular weight excluding hydrogens is 275 g/mol. The van der Waals surface area contributed by atoms with Crippen molar-refractivity contribution in [3.8, 4) is 0 Å². The molecular formula is C16H22ClFN2. The van der Waals surface area contributed by atoms with E-state index in [4.69, 9.17) is 11.6 Å². The van der Waals surface area contributed by atoms with Crippen molar-refractivity contribution in [2.45, 2.75) is 38.8 Å². The van der Waals surface area contributed by atoms with Crippen LogP contribution in [-0.4, -0.2) is 25.2 Å². The Balaban J connectivity index is 1.87. The maximum Gasteiger partial charge on any atom is 0.147 e. The third-order valence-corrected chi connectivity index (χ3v) is 4.80. The van der Waals surface area contributed by atoms with E-state index in [0.717, 1.165) is 19.0 Å². The number of halogens is 2. The van der Waals surface area contributed by atoms with Gasteiger partial charge in [0.15, 0.2) is 0 Å². The fourth-order valence-electron chi connectivity index (χ4n) is 3.20. The fourth-order valence-corrected chi connectivity index (χ4v) is 3.35. The summed E-state index contributed by atoms with van der Waals surface area (Å²) in [4.78, 5) is 2.25. The Morgan fingerprint density at radius 3 is 2.70 bits per heavy atom. The minimum atomic E-state index is -0.209. The van der Waals surface area contributed by atoms with Crippen LogP contribution in [0, 0.1) is 17.7 Å². The van der Waals surface area contributed by atoms with Crippen LogP contribution in [-0.2, 0) is 0 Å². The summed E-state index contributed by atoms with van der Waals surface area (Å²) in [6.07, 6.45) is 2.61. The Bertz CT molecular complexity index is 487. The number of hydrogen-bond acceptors (Lipinski definition) is 2. The molecule has 4 heteroatoms. The van der Waals surface area contributed by atoms with Gasteiger partial charge in [-0.3, -0.25) is 0 Å². The van der Waals surface area contributed by atoms with Gasteiger partial charge in [0.25, 0.3) is 0 Å². The minimum absolute atomic E-state index is 0.209. The Labute approximate surface area is 125 Å². The van der Waals surface area contributed by atoms with Crippen LogP contribution in [0.25, 0.3) is 0 Å². The maximum atomic E-state index is 14.3. The van der Waals surface area contributed by atoms with E-state index < -0.39 is 0 Å². The van der Waals surface area contributed by atoms with Crippen molar-refractivity contribution in [2.75, 3.05) is 18.0 Å². The van der Waals surface area contributed by atoms with Crippen molar-refractivity contribution in [3.05, 3.63) is 29.0 Å². The number of nitrogens with one attached hydrogen (secondary N) is 1. The number of benzene rings is 1. The number of nitrogens with zero attached hydrogens (tertiary/aromatic N) is 1. The first-order chi connectivity index (χ1) is 9.56. The van der Waals surface area contributed by atoms with Crippen molar-refractivity contribution < 1.29 is 4.39 Å². The van der Waals surface area contributed by atoms with Gasteiger partial charge in [0.1, 0.15) is 5.82 Å². The molecule has 1 saturated heterocycles. The molecule has 1 saturated carbocycles. The van der Waals surface area contributed by atoms with Crippen LogP contribution in [0.5, 0.6) is 0 Å². The monoisotopic (exact) mass is 296 g/mol. The summed E-state index contributed by atoms with van der Waals surface area (Å²) in [5.41, 5.74) is 0.695. The Kier molecular flexibility index (Phi) is 3.91. The largest absolute Gasteiger partial charge is 0.363 e. The second kappa shape index (κ2) is 5.53. The summed E-state index contributed by atoms with van der Waals surface area (Å²) in [6, 6.07) is 5.86. The van der Waals surface area contributed by atoms with Gasteiger partial charge in [-0.25, -0.2) is 4.39 Å². The van der Waals surface area contributed by atoms with Crippen LogP contribution in [0.3, 0.4) is 0 Å². The second-order valence-corrected chi connectivity index (χ2v) is 6.85. The standard InChI is InChI=1S/C16H22ClFN2/c1-10(2)16-8-19-14(11-3-4-11)9-20(16)15-6-5-12(17)7-13(15)18/h5-7,10-11,14,16,19H,3-4,8-9H2,1-2H3. The van der Waals surface area contributed by atoms with Crippen LogP contribution < -0.4 is 10.2 Å². The molecule has 0 bridgehead atoms. The summed E-state index contributed by atoms with van der Waals surface area (Å²) >= 11 is 5.87. The molecule has 2 unspecified atom stereocenters. The molecule has 1 aromatic rings. The molecule has 3 rings (SSSR count). The van der Waals surface area contributed by atoms with Crippen LogP contribution in [0.1, 0.15) is 26.7 Å².